The number of fused-ring (bicyclic) bond motifs is 1. The van der Waals surface area contributed by atoms with Crippen molar-refractivity contribution in [3.05, 3.63) is 90.0 Å². The number of urea groups is 1. The van der Waals surface area contributed by atoms with Gasteiger partial charge in [-0.3, -0.25) is 9.59 Å². The fraction of sp³-hybridized carbons (Fsp3) is 0.258. The van der Waals surface area contributed by atoms with Gasteiger partial charge in [-0.15, -0.1) is 0 Å². The van der Waals surface area contributed by atoms with Crippen LogP contribution in [0.1, 0.15) is 25.0 Å². The van der Waals surface area contributed by atoms with Crippen molar-refractivity contribution < 1.29 is 14.4 Å². The number of carbonyl (C=O) groups is 3. The van der Waals surface area contributed by atoms with Crippen LogP contribution in [0.5, 0.6) is 0 Å². The molecule has 4 amide bonds. The highest BCUT2D eigenvalue weighted by Gasteiger charge is 2.39. The molecule has 3 aromatic rings. The van der Waals surface area contributed by atoms with E-state index in [1.807, 2.05) is 98.7 Å². The van der Waals surface area contributed by atoms with Gasteiger partial charge in [0.05, 0.1) is 17.0 Å². The molecule has 1 aliphatic rings. The van der Waals surface area contributed by atoms with E-state index in [-0.39, 0.29) is 17.8 Å². The van der Waals surface area contributed by atoms with Crippen LogP contribution in [0.2, 0.25) is 0 Å². The Morgan fingerprint density at radius 2 is 1.49 bits per heavy atom. The zero-order chi connectivity index (χ0) is 28.1. The van der Waals surface area contributed by atoms with Crippen molar-refractivity contribution in [3.8, 4) is 0 Å². The van der Waals surface area contributed by atoms with Crippen molar-refractivity contribution >= 4 is 46.2 Å². The van der Waals surface area contributed by atoms with Gasteiger partial charge >= 0.3 is 6.03 Å². The summed E-state index contributed by atoms with van der Waals surface area (Å²) in [5.41, 5.74) is 4.64. The lowest BCUT2D eigenvalue weighted by Gasteiger charge is -2.24. The number of nitrogens with one attached hydrogen (secondary N) is 1. The van der Waals surface area contributed by atoms with Gasteiger partial charge in [-0.2, -0.15) is 0 Å². The van der Waals surface area contributed by atoms with E-state index < -0.39 is 0 Å². The van der Waals surface area contributed by atoms with Crippen LogP contribution in [0.4, 0.5) is 21.9 Å². The molecule has 0 saturated heterocycles. The number of amides is 4. The van der Waals surface area contributed by atoms with Gasteiger partial charge in [-0.1, -0.05) is 48.5 Å². The van der Waals surface area contributed by atoms with Crippen LogP contribution < -0.4 is 15.1 Å². The largest absolute Gasteiger partial charge is 0.354 e. The molecule has 4 rings (SSSR count). The minimum atomic E-state index is -0.379. The maximum absolute atomic E-state index is 13.9. The van der Waals surface area contributed by atoms with Crippen molar-refractivity contribution in [2.45, 2.75) is 13.8 Å². The summed E-state index contributed by atoms with van der Waals surface area (Å²) >= 11 is 0. The monoisotopic (exact) mass is 525 g/mol. The first-order chi connectivity index (χ1) is 18.7. The van der Waals surface area contributed by atoms with Crippen LogP contribution in [0.3, 0.4) is 0 Å². The predicted octanol–water partition coefficient (Wildman–Crippen LogP) is 5.00. The number of hydrogen-bond donors (Lipinski definition) is 1. The van der Waals surface area contributed by atoms with Gasteiger partial charge in [0.15, 0.2) is 0 Å². The molecule has 1 aliphatic heterocycles. The summed E-state index contributed by atoms with van der Waals surface area (Å²) < 4.78 is 0. The molecule has 0 spiro atoms. The molecule has 0 atom stereocenters. The Morgan fingerprint density at radius 1 is 0.846 bits per heavy atom. The van der Waals surface area contributed by atoms with Crippen molar-refractivity contribution in [1.82, 2.24) is 9.80 Å². The van der Waals surface area contributed by atoms with E-state index in [0.29, 0.717) is 35.6 Å². The molecule has 0 fully saturated rings. The fourth-order valence-electron chi connectivity index (χ4n) is 4.48. The van der Waals surface area contributed by atoms with Gasteiger partial charge < -0.3 is 20.0 Å². The highest BCUT2D eigenvalue weighted by atomic mass is 16.2. The second kappa shape index (κ2) is 12.0. The van der Waals surface area contributed by atoms with Gasteiger partial charge in [0.25, 0.3) is 5.91 Å². The molecule has 202 valence electrons. The molecule has 8 heteroatoms. The molecule has 0 bridgehead atoms. The van der Waals surface area contributed by atoms with E-state index in [9.17, 15) is 14.4 Å². The highest BCUT2D eigenvalue weighted by molar-refractivity contribution is 6.43. The molecule has 0 saturated carbocycles. The van der Waals surface area contributed by atoms with E-state index in [2.05, 4.69) is 5.32 Å². The van der Waals surface area contributed by atoms with Gasteiger partial charge in [0.2, 0.25) is 5.91 Å². The van der Waals surface area contributed by atoms with E-state index >= 15 is 0 Å². The molecule has 0 unspecified atom stereocenters. The van der Waals surface area contributed by atoms with Gasteiger partial charge in [-0.25, -0.2) is 9.69 Å². The number of para-hydroxylation sites is 1. The summed E-state index contributed by atoms with van der Waals surface area (Å²) in [6, 6.07) is 24.2. The summed E-state index contributed by atoms with van der Waals surface area (Å²) in [7, 11) is 5.63. The molecule has 0 aliphatic carbocycles. The number of benzene rings is 3. The molecule has 8 nitrogen and oxygen atoms in total. The number of hydrogen-bond acceptors (Lipinski definition) is 5. The first-order valence-electron chi connectivity index (χ1n) is 13.0. The number of anilines is 3. The van der Waals surface area contributed by atoms with Gasteiger partial charge in [-0.05, 0) is 56.9 Å². The van der Waals surface area contributed by atoms with Crippen LogP contribution in [-0.2, 0) is 9.59 Å². The topological polar surface area (TPSA) is 76.2 Å². The van der Waals surface area contributed by atoms with E-state index in [1.54, 1.807) is 24.9 Å². The standard InChI is InChI=1S/C31H35N5O3/c1-6-34(5)31(39)36-27-15-11-10-14-26(27)28(30(36)38)29(23-12-8-7-9-13-23)32-24-16-18-25(19-17-24)35(22(2)37)21-20-33(3)4/h7-19,32H,6,20-21H2,1-5H3/b29-28-. The summed E-state index contributed by atoms with van der Waals surface area (Å²) in [6.45, 7) is 5.23. The van der Waals surface area contributed by atoms with Crippen LogP contribution in [0.25, 0.3) is 11.3 Å². The molecule has 3 aromatic carbocycles. The SMILES string of the molecule is CCN(C)C(=O)N1C(=O)/C(=C(\Nc2ccc(N(CCN(C)C)C(C)=O)cc2)c2ccccc2)c2ccccc21. The number of likely N-dealkylation sites (N-methyl/N-ethyl adjacent to an activating group) is 1. The maximum Gasteiger partial charge on any atom is 0.331 e. The number of carbonyl (C=O) groups excluding carboxylic acids is 3. The number of nitrogens with zero attached hydrogens (tertiary/aromatic N) is 4. The smallest absolute Gasteiger partial charge is 0.331 e. The second-order valence-electron chi connectivity index (χ2n) is 9.72. The molecule has 1 heterocycles. The lowest BCUT2D eigenvalue weighted by Crippen LogP contribution is -2.42. The van der Waals surface area contributed by atoms with Crippen molar-refractivity contribution in [3.63, 3.8) is 0 Å². The highest BCUT2D eigenvalue weighted by Crippen LogP contribution is 2.41. The van der Waals surface area contributed by atoms with E-state index in [4.69, 9.17) is 0 Å². The van der Waals surface area contributed by atoms with Crippen LogP contribution in [0.15, 0.2) is 78.9 Å². The van der Waals surface area contributed by atoms with Crippen molar-refractivity contribution in [1.29, 1.82) is 0 Å². The molecular weight excluding hydrogens is 490 g/mol. The third kappa shape index (κ3) is 5.86. The average Bonchev–Trinajstić information content (AvgIpc) is 3.23. The Hall–Kier alpha value is -4.43. The van der Waals surface area contributed by atoms with Crippen LogP contribution >= 0.6 is 0 Å². The zero-order valence-corrected chi connectivity index (χ0v) is 23.1. The van der Waals surface area contributed by atoms with E-state index in [0.717, 1.165) is 23.5 Å². The Bertz CT molecular complexity index is 1380. The van der Waals surface area contributed by atoms with Gasteiger partial charge in [0.1, 0.15) is 0 Å². The van der Waals surface area contributed by atoms with E-state index in [1.165, 1.54) is 9.80 Å². The van der Waals surface area contributed by atoms with Crippen LogP contribution in [-0.4, -0.2) is 68.4 Å². The van der Waals surface area contributed by atoms with Crippen molar-refractivity contribution in [2.75, 3.05) is 55.9 Å². The minimum Gasteiger partial charge on any atom is -0.354 e. The number of imide groups is 1. The van der Waals surface area contributed by atoms with Crippen LogP contribution in [0, 0.1) is 0 Å². The zero-order valence-electron chi connectivity index (χ0n) is 23.1. The molecule has 39 heavy (non-hydrogen) atoms. The summed E-state index contributed by atoms with van der Waals surface area (Å²) in [5.74, 6) is -0.407. The normalized spacial score (nSPS) is 13.8. The average molecular weight is 526 g/mol. The second-order valence-corrected chi connectivity index (χ2v) is 9.72. The molecule has 1 N–H and O–H groups in total. The lowest BCUT2D eigenvalue weighted by atomic mass is 10.00. The summed E-state index contributed by atoms with van der Waals surface area (Å²) in [4.78, 5) is 46.0. The molecule has 0 radical (unpaired) electrons. The third-order valence-corrected chi connectivity index (χ3v) is 6.74. The minimum absolute atomic E-state index is 0.0281. The Kier molecular flexibility index (Phi) is 8.46. The number of rotatable bonds is 8. The Morgan fingerprint density at radius 3 is 2.10 bits per heavy atom. The summed E-state index contributed by atoms with van der Waals surface area (Å²) in [5, 5.41) is 3.45. The van der Waals surface area contributed by atoms with Crippen molar-refractivity contribution in [2.24, 2.45) is 0 Å². The lowest BCUT2D eigenvalue weighted by molar-refractivity contribution is -0.116. The molecule has 0 aromatic heterocycles. The first-order valence-corrected chi connectivity index (χ1v) is 13.0. The maximum atomic E-state index is 13.9. The Balaban J connectivity index is 1.77. The summed E-state index contributed by atoms with van der Waals surface area (Å²) in [6.07, 6.45) is 0. The first kappa shape index (κ1) is 27.6. The van der Waals surface area contributed by atoms with Gasteiger partial charge in [0, 0.05) is 50.5 Å². The Labute approximate surface area is 230 Å². The fourth-order valence-corrected chi connectivity index (χ4v) is 4.48. The molecular formula is C31H35N5O3. The third-order valence-electron chi connectivity index (χ3n) is 6.74. The quantitative estimate of drug-likeness (QED) is 0.419. The predicted molar refractivity (Wildman–Crippen MR) is 158 cm³/mol.